The van der Waals surface area contributed by atoms with Crippen molar-refractivity contribution in [2.75, 3.05) is 20.7 Å². The lowest BCUT2D eigenvalue weighted by molar-refractivity contribution is -0.141. The van der Waals surface area contributed by atoms with Gasteiger partial charge >= 0.3 is 5.97 Å². The number of hydrogen-bond donors (Lipinski definition) is 1. The third-order valence-electron chi connectivity index (χ3n) is 4.63. The Labute approximate surface area is 153 Å². The van der Waals surface area contributed by atoms with E-state index < -0.39 is 27.9 Å². The minimum Gasteiger partial charge on any atom is -0.480 e. The van der Waals surface area contributed by atoms with E-state index in [1.54, 1.807) is 13.8 Å². The number of sulfonamides is 1. The van der Waals surface area contributed by atoms with Gasteiger partial charge in [0.25, 0.3) is 5.91 Å². The number of nitrogens with zero attached hydrogens (tertiary/aromatic N) is 2. The Bertz CT molecular complexity index is 792. The molecule has 0 aromatic heterocycles. The van der Waals surface area contributed by atoms with Gasteiger partial charge in [0.2, 0.25) is 10.0 Å². The first kappa shape index (κ1) is 20.3. The van der Waals surface area contributed by atoms with Gasteiger partial charge in [-0.05, 0) is 32.0 Å². The van der Waals surface area contributed by atoms with Crippen molar-refractivity contribution in [2.24, 2.45) is 0 Å². The number of ether oxygens (including phenoxy) is 1. The number of carbonyl (C=O) groups is 2. The summed E-state index contributed by atoms with van der Waals surface area (Å²) < 4.78 is 31.7. The second-order valence-corrected chi connectivity index (χ2v) is 8.55. The molecule has 1 aliphatic heterocycles. The summed E-state index contributed by atoms with van der Waals surface area (Å²) in [5.74, 6) is -1.64. The third-order valence-corrected chi connectivity index (χ3v) is 6.66. The van der Waals surface area contributed by atoms with Gasteiger partial charge in [-0.3, -0.25) is 4.79 Å². The summed E-state index contributed by atoms with van der Waals surface area (Å²) in [4.78, 5) is 25.5. The predicted molar refractivity (Wildman–Crippen MR) is 94.4 cm³/mol. The molecule has 2 unspecified atom stereocenters. The zero-order chi connectivity index (χ0) is 19.6. The molecular weight excluding hydrogens is 360 g/mol. The molecular formula is C17H24N2O6S. The standard InChI is InChI=1S/C17H24N2O6S/c1-11(2)18(3)26(23,24)14-7-5-6-12(8-14)16(20)19-10-13(25-4)9-15(19)17(21)22/h5-8,11,13,15H,9-10H2,1-4H3,(H,21,22). The van der Waals surface area contributed by atoms with Crippen molar-refractivity contribution in [1.82, 2.24) is 9.21 Å². The number of amides is 1. The van der Waals surface area contributed by atoms with Crippen LogP contribution in [0.25, 0.3) is 0 Å². The number of carboxylic acids is 1. The van der Waals surface area contributed by atoms with Crippen molar-refractivity contribution < 1.29 is 27.9 Å². The quantitative estimate of drug-likeness (QED) is 0.786. The molecule has 26 heavy (non-hydrogen) atoms. The van der Waals surface area contributed by atoms with Gasteiger partial charge in [-0.25, -0.2) is 13.2 Å². The van der Waals surface area contributed by atoms with Crippen LogP contribution in [0.5, 0.6) is 0 Å². The highest BCUT2D eigenvalue weighted by molar-refractivity contribution is 7.89. The number of hydrogen-bond acceptors (Lipinski definition) is 5. The lowest BCUT2D eigenvalue weighted by atomic mass is 10.1. The van der Waals surface area contributed by atoms with Crippen molar-refractivity contribution in [1.29, 1.82) is 0 Å². The molecule has 1 aliphatic rings. The molecule has 1 amide bonds. The van der Waals surface area contributed by atoms with E-state index in [0.717, 1.165) is 0 Å². The number of rotatable bonds is 6. The molecule has 144 valence electrons. The number of carboxylic acid groups (broad SMARTS) is 1. The van der Waals surface area contributed by atoms with E-state index in [-0.39, 0.29) is 35.6 Å². The molecule has 2 atom stereocenters. The van der Waals surface area contributed by atoms with Crippen LogP contribution in [0.3, 0.4) is 0 Å². The summed E-state index contributed by atoms with van der Waals surface area (Å²) in [6.07, 6.45) is -0.162. The van der Waals surface area contributed by atoms with Gasteiger partial charge in [-0.1, -0.05) is 6.07 Å². The van der Waals surface area contributed by atoms with Crippen LogP contribution >= 0.6 is 0 Å². The van der Waals surface area contributed by atoms with Gasteiger partial charge in [0.05, 0.1) is 11.0 Å². The molecule has 2 rings (SSSR count). The molecule has 1 aromatic rings. The van der Waals surface area contributed by atoms with Gasteiger partial charge in [0, 0.05) is 38.7 Å². The maximum atomic E-state index is 12.8. The first-order chi connectivity index (χ1) is 12.1. The summed E-state index contributed by atoms with van der Waals surface area (Å²) in [6.45, 7) is 3.65. The van der Waals surface area contributed by atoms with Crippen molar-refractivity contribution in [3.05, 3.63) is 29.8 Å². The van der Waals surface area contributed by atoms with Gasteiger partial charge in [-0.2, -0.15) is 4.31 Å². The van der Waals surface area contributed by atoms with E-state index in [1.165, 1.54) is 47.6 Å². The Morgan fingerprint density at radius 3 is 2.54 bits per heavy atom. The topological polar surface area (TPSA) is 104 Å². The Balaban J connectivity index is 2.35. The average Bonchev–Trinajstić information content (AvgIpc) is 3.05. The largest absolute Gasteiger partial charge is 0.480 e. The molecule has 0 radical (unpaired) electrons. The maximum absolute atomic E-state index is 12.8. The molecule has 0 spiro atoms. The monoisotopic (exact) mass is 384 g/mol. The van der Waals surface area contributed by atoms with E-state index in [2.05, 4.69) is 0 Å². The number of methoxy groups -OCH3 is 1. The Kier molecular flexibility index (Phi) is 6.05. The first-order valence-electron chi connectivity index (χ1n) is 8.24. The number of aliphatic carboxylic acids is 1. The fourth-order valence-corrected chi connectivity index (χ4v) is 4.24. The van der Waals surface area contributed by atoms with Crippen molar-refractivity contribution in [2.45, 2.75) is 43.4 Å². The minimum absolute atomic E-state index is 0.00564. The van der Waals surface area contributed by atoms with Gasteiger partial charge in [-0.15, -0.1) is 0 Å². The van der Waals surface area contributed by atoms with Crippen LogP contribution in [0.1, 0.15) is 30.6 Å². The molecule has 0 saturated carbocycles. The van der Waals surface area contributed by atoms with Crippen LogP contribution < -0.4 is 0 Å². The summed E-state index contributed by atoms with van der Waals surface area (Å²) >= 11 is 0. The summed E-state index contributed by atoms with van der Waals surface area (Å²) in [5.41, 5.74) is 0.131. The second-order valence-electron chi connectivity index (χ2n) is 6.55. The summed E-state index contributed by atoms with van der Waals surface area (Å²) in [5, 5.41) is 9.36. The van der Waals surface area contributed by atoms with Gasteiger partial charge < -0.3 is 14.7 Å². The number of likely N-dealkylation sites (tertiary alicyclic amines) is 1. The SMILES string of the molecule is COC1CC(C(=O)O)N(C(=O)c2cccc(S(=O)(=O)N(C)C(C)C)c2)C1. The van der Waals surface area contributed by atoms with Gasteiger partial charge in [0.1, 0.15) is 6.04 Å². The number of carbonyl (C=O) groups excluding carboxylic acids is 1. The highest BCUT2D eigenvalue weighted by Crippen LogP contribution is 2.24. The van der Waals surface area contributed by atoms with E-state index in [1.807, 2.05) is 0 Å². The molecule has 1 fully saturated rings. The van der Waals surface area contributed by atoms with Crippen LogP contribution in [-0.2, 0) is 19.6 Å². The zero-order valence-corrected chi connectivity index (χ0v) is 16.1. The molecule has 0 bridgehead atoms. The lowest BCUT2D eigenvalue weighted by Crippen LogP contribution is -2.40. The molecule has 1 N–H and O–H groups in total. The molecule has 1 saturated heterocycles. The minimum atomic E-state index is -3.74. The van der Waals surface area contributed by atoms with E-state index in [0.29, 0.717) is 0 Å². The Hall–Kier alpha value is -1.97. The molecule has 1 aromatic carbocycles. The van der Waals surface area contributed by atoms with Crippen molar-refractivity contribution in [3.63, 3.8) is 0 Å². The Morgan fingerprint density at radius 2 is 2.00 bits per heavy atom. The summed E-state index contributed by atoms with van der Waals surface area (Å²) in [6, 6.07) is 4.43. The van der Waals surface area contributed by atoms with Crippen LogP contribution in [0.15, 0.2) is 29.2 Å². The fourth-order valence-electron chi connectivity index (χ4n) is 2.83. The fraction of sp³-hybridized carbons (Fsp3) is 0.529. The lowest BCUT2D eigenvalue weighted by Gasteiger charge is -2.23. The van der Waals surface area contributed by atoms with Crippen LogP contribution in [0.4, 0.5) is 0 Å². The van der Waals surface area contributed by atoms with Crippen LogP contribution in [-0.4, -0.2) is 73.5 Å². The summed E-state index contributed by atoms with van der Waals surface area (Å²) in [7, 11) is -0.806. The van der Waals surface area contributed by atoms with E-state index >= 15 is 0 Å². The molecule has 0 aliphatic carbocycles. The molecule has 9 heteroatoms. The highest BCUT2D eigenvalue weighted by atomic mass is 32.2. The predicted octanol–water partition coefficient (Wildman–Crippen LogP) is 1.03. The average molecular weight is 384 g/mol. The van der Waals surface area contributed by atoms with E-state index in [9.17, 15) is 23.1 Å². The smallest absolute Gasteiger partial charge is 0.326 e. The van der Waals surface area contributed by atoms with Crippen molar-refractivity contribution >= 4 is 21.9 Å². The van der Waals surface area contributed by atoms with Gasteiger partial charge in [0.15, 0.2) is 0 Å². The first-order valence-corrected chi connectivity index (χ1v) is 9.68. The third kappa shape index (κ3) is 3.89. The van der Waals surface area contributed by atoms with Crippen molar-refractivity contribution in [3.8, 4) is 0 Å². The normalized spacial score (nSPS) is 20.8. The van der Waals surface area contributed by atoms with Crippen LogP contribution in [0.2, 0.25) is 0 Å². The maximum Gasteiger partial charge on any atom is 0.326 e. The molecule has 8 nitrogen and oxygen atoms in total. The zero-order valence-electron chi connectivity index (χ0n) is 15.2. The second kappa shape index (κ2) is 7.73. The molecule has 1 heterocycles. The Morgan fingerprint density at radius 1 is 1.35 bits per heavy atom. The van der Waals surface area contributed by atoms with Crippen LogP contribution in [0, 0.1) is 0 Å². The number of benzene rings is 1. The highest BCUT2D eigenvalue weighted by Gasteiger charge is 2.40. The van der Waals surface area contributed by atoms with E-state index in [4.69, 9.17) is 4.74 Å².